The summed E-state index contributed by atoms with van der Waals surface area (Å²) in [6.07, 6.45) is 1.44. The Labute approximate surface area is 119 Å². The number of hydrogen-bond donors (Lipinski definition) is 2. The quantitative estimate of drug-likeness (QED) is 0.767. The summed E-state index contributed by atoms with van der Waals surface area (Å²) in [6.45, 7) is 0. The summed E-state index contributed by atoms with van der Waals surface area (Å²) < 4.78 is 5.60. The summed E-state index contributed by atoms with van der Waals surface area (Å²) in [5.74, 6) is -0.109. The predicted molar refractivity (Wildman–Crippen MR) is 74.3 cm³/mol. The summed E-state index contributed by atoms with van der Waals surface area (Å²) in [7, 11) is 0. The number of carboxylic acids is 1. The number of hydrogen-bond acceptors (Lipinski definition) is 4. The van der Waals surface area contributed by atoms with Gasteiger partial charge in [-0.3, -0.25) is 4.98 Å². The number of carboxylic acid groups (broad SMARTS) is 1. The number of nitrogens with zero attached hydrogens (tertiary/aromatic N) is 2. The van der Waals surface area contributed by atoms with Gasteiger partial charge >= 0.3 is 5.97 Å². The molecule has 0 radical (unpaired) electrons. The number of fused-ring (bicyclic) bond motifs is 1. The Kier molecular flexibility index (Phi) is 3.01. The lowest BCUT2D eigenvalue weighted by Gasteiger charge is -2.02. The van der Waals surface area contributed by atoms with Crippen molar-refractivity contribution >= 4 is 17.0 Å². The Balaban J connectivity index is 1.96. The van der Waals surface area contributed by atoms with E-state index in [2.05, 4.69) is 9.97 Å². The molecule has 3 rings (SSSR count). The summed E-state index contributed by atoms with van der Waals surface area (Å²) in [5, 5.41) is 17.9. The minimum atomic E-state index is -1.03. The van der Waals surface area contributed by atoms with Crippen molar-refractivity contribution in [2.75, 3.05) is 0 Å². The van der Waals surface area contributed by atoms with Gasteiger partial charge in [0.25, 0.3) is 0 Å². The van der Waals surface area contributed by atoms with E-state index in [1.54, 1.807) is 30.3 Å². The lowest BCUT2D eigenvalue weighted by Crippen LogP contribution is -1.97. The molecule has 6 heteroatoms. The third kappa shape index (κ3) is 2.40. The Hall–Kier alpha value is -3.33. The molecule has 0 fully saturated rings. The van der Waals surface area contributed by atoms with Crippen molar-refractivity contribution in [3.63, 3.8) is 0 Å². The molecule has 2 aromatic heterocycles. The zero-order valence-corrected chi connectivity index (χ0v) is 10.7. The lowest BCUT2D eigenvalue weighted by atomic mass is 10.2. The monoisotopic (exact) mass is 279 g/mol. The second-order valence-electron chi connectivity index (χ2n) is 4.30. The number of H-pyrrole nitrogens is 1. The molecule has 2 N–H and O–H groups in total. The maximum atomic E-state index is 11.1. The van der Waals surface area contributed by atoms with Crippen LogP contribution in [0.5, 0.6) is 11.6 Å². The lowest BCUT2D eigenvalue weighted by molar-refractivity contribution is 0.0699. The number of rotatable bonds is 3. The van der Waals surface area contributed by atoms with Gasteiger partial charge < -0.3 is 14.8 Å². The number of aromatic amines is 1. The summed E-state index contributed by atoms with van der Waals surface area (Å²) in [4.78, 5) is 18.1. The third-order valence-electron chi connectivity index (χ3n) is 2.94. The number of pyridine rings is 1. The average molecular weight is 279 g/mol. The van der Waals surface area contributed by atoms with E-state index < -0.39 is 5.97 Å². The molecule has 0 atom stereocenters. The fourth-order valence-corrected chi connectivity index (χ4v) is 1.96. The van der Waals surface area contributed by atoms with E-state index in [1.165, 1.54) is 12.3 Å². The van der Waals surface area contributed by atoms with Crippen molar-refractivity contribution in [2.45, 2.75) is 0 Å². The van der Waals surface area contributed by atoms with Gasteiger partial charge in [-0.1, -0.05) is 0 Å². The molecule has 2 heterocycles. The molecule has 0 bridgehead atoms. The van der Waals surface area contributed by atoms with Gasteiger partial charge in [0.1, 0.15) is 5.75 Å². The predicted octanol–water partition coefficient (Wildman–Crippen LogP) is 2.93. The minimum Gasteiger partial charge on any atom is -0.478 e. The molecule has 1 aromatic carbocycles. The van der Waals surface area contributed by atoms with Gasteiger partial charge in [0, 0.05) is 12.3 Å². The van der Waals surface area contributed by atoms with Crippen molar-refractivity contribution in [1.29, 1.82) is 5.26 Å². The zero-order chi connectivity index (χ0) is 14.8. The van der Waals surface area contributed by atoms with Crippen LogP contribution in [0.25, 0.3) is 11.0 Å². The van der Waals surface area contributed by atoms with Crippen LogP contribution in [0.15, 0.2) is 42.6 Å². The normalized spacial score (nSPS) is 10.2. The zero-order valence-electron chi connectivity index (χ0n) is 10.7. The van der Waals surface area contributed by atoms with Crippen LogP contribution < -0.4 is 4.74 Å². The van der Waals surface area contributed by atoms with E-state index in [0.717, 1.165) is 0 Å². The van der Waals surface area contributed by atoms with E-state index in [4.69, 9.17) is 15.1 Å². The van der Waals surface area contributed by atoms with Gasteiger partial charge in [0.05, 0.1) is 28.2 Å². The molecule has 0 saturated carbocycles. The molecule has 0 aliphatic heterocycles. The van der Waals surface area contributed by atoms with Crippen LogP contribution >= 0.6 is 0 Å². The van der Waals surface area contributed by atoms with Crippen LogP contribution in [-0.2, 0) is 0 Å². The number of nitrogens with one attached hydrogen (secondary N) is 1. The fraction of sp³-hybridized carbons (Fsp3) is 0. The minimum absolute atomic E-state index is 0.134. The van der Waals surface area contributed by atoms with Crippen molar-refractivity contribution in [2.24, 2.45) is 0 Å². The highest BCUT2D eigenvalue weighted by Gasteiger charge is 2.12. The fourth-order valence-electron chi connectivity index (χ4n) is 1.96. The highest BCUT2D eigenvalue weighted by molar-refractivity contribution is 6.01. The largest absolute Gasteiger partial charge is 0.478 e. The van der Waals surface area contributed by atoms with Crippen molar-refractivity contribution in [1.82, 2.24) is 9.97 Å². The van der Waals surface area contributed by atoms with Gasteiger partial charge in [-0.25, -0.2) is 4.79 Å². The summed E-state index contributed by atoms with van der Waals surface area (Å²) >= 11 is 0. The van der Waals surface area contributed by atoms with Crippen LogP contribution in [0, 0.1) is 11.3 Å². The van der Waals surface area contributed by atoms with Gasteiger partial charge in [0.15, 0.2) is 5.88 Å². The van der Waals surface area contributed by atoms with Crippen molar-refractivity contribution in [3.8, 4) is 17.7 Å². The summed E-state index contributed by atoms with van der Waals surface area (Å²) in [5.41, 5.74) is 1.59. The molecule has 0 spiro atoms. The first kappa shape index (κ1) is 12.7. The number of nitriles is 1. The average Bonchev–Trinajstić information content (AvgIpc) is 2.89. The number of benzene rings is 1. The molecule has 0 unspecified atom stereocenters. The smallest absolute Gasteiger partial charge is 0.337 e. The second-order valence-corrected chi connectivity index (χ2v) is 4.30. The van der Waals surface area contributed by atoms with E-state index in [9.17, 15) is 4.79 Å². The molecule has 3 aromatic rings. The van der Waals surface area contributed by atoms with Crippen LogP contribution in [0.2, 0.25) is 0 Å². The van der Waals surface area contributed by atoms with Gasteiger partial charge in [-0.15, -0.1) is 0 Å². The van der Waals surface area contributed by atoms with Gasteiger partial charge in [0.2, 0.25) is 0 Å². The SMILES string of the molecule is N#Cc1ccc(Oc2cc3nccc(C(=O)O)c3[nH]2)cc1. The van der Waals surface area contributed by atoms with E-state index >= 15 is 0 Å². The van der Waals surface area contributed by atoms with E-state index in [-0.39, 0.29) is 5.56 Å². The first-order valence-electron chi connectivity index (χ1n) is 6.06. The first-order valence-corrected chi connectivity index (χ1v) is 6.06. The molecular formula is C15H9N3O3. The van der Waals surface area contributed by atoms with Crippen LogP contribution in [0.4, 0.5) is 0 Å². The topological polar surface area (TPSA) is 99.0 Å². The Morgan fingerprint density at radius 2 is 2.05 bits per heavy atom. The molecule has 0 aliphatic rings. The second kappa shape index (κ2) is 4.98. The number of aromatic carboxylic acids is 1. The molecule has 0 aliphatic carbocycles. The highest BCUT2D eigenvalue weighted by atomic mass is 16.5. The van der Waals surface area contributed by atoms with E-state index in [1.807, 2.05) is 6.07 Å². The standard InChI is InChI=1S/C15H9N3O3/c16-8-9-1-3-10(4-2-9)21-13-7-12-14(18-13)11(15(19)20)5-6-17-12/h1-7,18H,(H,19,20). The van der Waals surface area contributed by atoms with Crippen LogP contribution in [-0.4, -0.2) is 21.0 Å². The molecule has 102 valence electrons. The molecule has 0 saturated heterocycles. The Morgan fingerprint density at radius 3 is 2.71 bits per heavy atom. The highest BCUT2D eigenvalue weighted by Crippen LogP contribution is 2.26. The van der Waals surface area contributed by atoms with E-state index in [0.29, 0.717) is 28.2 Å². The maximum absolute atomic E-state index is 11.1. The van der Waals surface area contributed by atoms with Gasteiger partial charge in [-0.05, 0) is 30.3 Å². The van der Waals surface area contributed by atoms with Crippen molar-refractivity contribution < 1.29 is 14.6 Å². The maximum Gasteiger partial charge on any atom is 0.337 e. The van der Waals surface area contributed by atoms with Crippen LogP contribution in [0.1, 0.15) is 15.9 Å². The molecule has 21 heavy (non-hydrogen) atoms. The molecule has 6 nitrogen and oxygen atoms in total. The first-order chi connectivity index (χ1) is 10.2. The molecule has 0 amide bonds. The van der Waals surface area contributed by atoms with Crippen molar-refractivity contribution in [3.05, 3.63) is 53.7 Å². The van der Waals surface area contributed by atoms with Crippen LogP contribution in [0.3, 0.4) is 0 Å². The number of ether oxygens (including phenoxy) is 1. The van der Waals surface area contributed by atoms with Gasteiger partial charge in [-0.2, -0.15) is 5.26 Å². The third-order valence-corrected chi connectivity index (χ3v) is 2.94. The Bertz CT molecular complexity index is 860. The Morgan fingerprint density at radius 1 is 1.29 bits per heavy atom. The molecular weight excluding hydrogens is 270 g/mol. The summed E-state index contributed by atoms with van der Waals surface area (Å²) in [6, 6.07) is 11.7. The number of aromatic nitrogens is 2. The number of carbonyl (C=O) groups is 1.